The maximum absolute atomic E-state index is 5.23. The van der Waals surface area contributed by atoms with Gasteiger partial charge in [0.2, 0.25) is 0 Å². The summed E-state index contributed by atoms with van der Waals surface area (Å²) in [6.07, 6.45) is 7.12. The highest BCUT2D eigenvalue weighted by molar-refractivity contribution is 5.09. The fourth-order valence-electron chi connectivity index (χ4n) is 3.08. The summed E-state index contributed by atoms with van der Waals surface area (Å²) in [5.74, 6) is 0. The quantitative estimate of drug-likeness (QED) is 0.861. The number of likely N-dealkylation sites (N-methyl/N-ethyl adjacent to an activating group) is 2. The van der Waals surface area contributed by atoms with Crippen molar-refractivity contribution in [1.29, 1.82) is 0 Å². The van der Waals surface area contributed by atoms with E-state index in [1.807, 2.05) is 6.26 Å². The SMILES string of the molecule is CCCNC(Cc1ccoc1)C1CN(C)CCCN1C. The molecule has 0 aromatic carbocycles. The number of hydrogen-bond acceptors (Lipinski definition) is 4. The maximum Gasteiger partial charge on any atom is 0.0935 e. The van der Waals surface area contributed by atoms with E-state index >= 15 is 0 Å². The molecule has 1 aromatic heterocycles. The van der Waals surface area contributed by atoms with E-state index < -0.39 is 0 Å². The molecule has 2 rings (SSSR count). The molecule has 2 heterocycles. The van der Waals surface area contributed by atoms with Crippen molar-refractivity contribution in [2.75, 3.05) is 40.3 Å². The minimum absolute atomic E-state index is 0.484. The van der Waals surface area contributed by atoms with Gasteiger partial charge in [0.15, 0.2) is 0 Å². The van der Waals surface area contributed by atoms with E-state index in [9.17, 15) is 0 Å². The van der Waals surface area contributed by atoms with Crippen LogP contribution in [0, 0.1) is 0 Å². The number of nitrogens with one attached hydrogen (secondary N) is 1. The lowest BCUT2D eigenvalue weighted by Crippen LogP contribution is -2.53. The highest BCUT2D eigenvalue weighted by Gasteiger charge is 2.28. The first-order chi connectivity index (χ1) is 9.70. The number of furan rings is 1. The minimum Gasteiger partial charge on any atom is -0.472 e. The van der Waals surface area contributed by atoms with Crippen molar-refractivity contribution in [1.82, 2.24) is 15.1 Å². The third-order valence-corrected chi connectivity index (χ3v) is 4.27. The van der Waals surface area contributed by atoms with Gasteiger partial charge in [-0.25, -0.2) is 0 Å². The topological polar surface area (TPSA) is 31.7 Å². The van der Waals surface area contributed by atoms with Gasteiger partial charge < -0.3 is 19.5 Å². The molecule has 0 amide bonds. The molecule has 0 bridgehead atoms. The van der Waals surface area contributed by atoms with Crippen molar-refractivity contribution < 1.29 is 4.42 Å². The molecule has 2 atom stereocenters. The molecule has 0 spiro atoms. The average Bonchev–Trinajstić information content (AvgIpc) is 2.87. The molecular weight excluding hydrogens is 250 g/mol. The Morgan fingerprint density at radius 1 is 1.40 bits per heavy atom. The van der Waals surface area contributed by atoms with Crippen LogP contribution in [0.5, 0.6) is 0 Å². The standard InChI is InChI=1S/C16H29N3O/c1-4-7-17-15(11-14-6-10-20-13-14)16-12-18(2)8-5-9-19(16)3/h6,10,13,15-17H,4-5,7-9,11-12H2,1-3H3. The van der Waals surface area contributed by atoms with Crippen molar-refractivity contribution in [3.8, 4) is 0 Å². The molecular formula is C16H29N3O. The van der Waals surface area contributed by atoms with Crippen LogP contribution in [0.15, 0.2) is 23.0 Å². The van der Waals surface area contributed by atoms with Gasteiger partial charge in [0.05, 0.1) is 12.5 Å². The molecule has 1 fully saturated rings. The second-order valence-electron chi connectivity index (χ2n) is 6.06. The normalized spacial score (nSPS) is 23.6. The van der Waals surface area contributed by atoms with E-state index in [2.05, 4.69) is 42.2 Å². The van der Waals surface area contributed by atoms with Gasteiger partial charge in [-0.05, 0) is 64.6 Å². The van der Waals surface area contributed by atoms with Gasteiger partial charge in [-0.2, -0.15) is 0 Å². The molecule has 1 aromatic rings. The van der Waals surface area contributed by atoms with E-state index in [0.29, 0.717) is 12.1 Å². The minimum atomic E-state index is 0.484. The summed E-state index contributed by atoms with van der Waals surface area (Å²) in [6, 6.07) is 3.13. The van der Waals surface area contributed by atoms with E-state index in [1.54, 1.807) is 6.26 Å². The Kier molecular flexibility index (Phi) is 6.07. The molecule has 2 unspecified atom stereocenters. The molecule has 4 nitrogen and oxygen atoms in total. The van der Waals surface area contributed by atoms with Crippen LogP contribution in [0.2, 0.25) is 0 Å². The summed E-state index contributed by atoms with van der Waals surface area (Å²) in [5.41, 5.74) is 1.29. The van der Waals surface area contributed by atoms with Crippen LogP contribution in [-0.4, -0.2) is 62.2 Å². The molecule has 1 aliphatic heterocycles. The summed E-state index contributed by atoms with van der Waals surface area (Å²) in [7, 11) is 4.50. The molecule has 0 aliphatic carbocycles. The second kappa shape index (κ2) is 7.81. The summed E-state index contributed by atoms with van der Waals surface area (Å²) in [5, 5.41) is 3.75. The zero-order chi connectivity index (χ0) is 14.4. The lowest BCUT2D eigenvalue weighted by atomic mass is 9.99. The van der Waals surface area contributed by atoms with Gasteiger partial charge >= 0.3 is 0 Å². The maximum atomic E-state index is 5.23. The van der Waals surface area contributed by atoms with E-state index in [0.717, 1.165) is 19.5 Å². The van der Waals surface area contributed by atoms with Crippen LogP contribution in [0.1, 0.15) is 25.3 Å². The molecule has 0 saturated carbocycles. The van der Waals surface area contributed by atoms with Crippen molar-refractivity contribution in [3.63, 3.8) is 0 Å². The van der Waals surface area contributed by atoms with Crippen LogP contribution >= 0.6 is 0 Å². The van der Waals surface area contributed by atoms with Gasteiger partial charge in [-0.15, -0.1) is 0 Å². The Morgan fingerprint density at radius 2 is 2.25 bits per heavy atom. The third kappa shape index (κ3) is 4.33. The predicted octanol–water partition coefficient (Wildman–Crippen LogP) is 1.83. The molecule has 20 heavy (non-hydrogen) atoms. The first-order valence-corrected chi connectivity index (χ1v) is 7.84. The zero-order valence-electron chi connectivity index (χ0n) is 13.1. The van der Waals surface area contributed by atoms with Crippen LogP contribution in [0.25, 0.3) is 0 Å². The smallest absolute Gasteiger partial charge is 0.0935 e. The van der Waals surface area contributed by atoms with E-state index in [-0.39, 0.29) is 0 Å². The van der Waals surface area contributed by atoms with Crippen molar-refractivity contribution >= 4 is 0 Å². The van der Waals surface area contributed by atoms with Crippen LogP contribution in [0.3, 0.4) is 0 Å². The second-order valence-corrected chi connectivity index (χ2v) is 6.06. The Labute approximate surface area is 123 Å². The van der Waals surface area contributed by atoms with Gasteiger partial charge in [-0.1, -0.05) is 6.92 Å². The molecule has 1 aliphatic rings. The van der Waals surface area contributed by atoms with Crippen molar-refractivity contribution in [2.45, 2.75) is 38.3 Å². The fourth-order valence-corrected chi connectivity index (χ4v) is 3.08. The molecule has 4 heteroatoms. The van der Waals surface area contributed by atoms with Crippen molar-refractivity contribution in [2.24, 2.45) is 0 Å². The van der Waals surface area contributed by atoms with Gasteiger partial charge in [0, 0.05) is 18.6 Å². The molecule has 1 N–H and O–H groups in total. The van der Waals surface area contributed by atoms with Crippen LogP contribution < -0.4 is 5.32 Å². The Bertz CT molecular complexity index is 366. The summed E-state index contributed by atoms with van der Waals surface area (Å²) in [6.45, 7) is 6.83. The zero-order valence-corrected chi connectivity index (χ0v) is 13.1. The lowest BCUT2D eigenvalue weighted by molar-refractivity contribution is 0.177. The summed E-state index contributed by atoms with van der Waals surface area (Å²) in [4.78, 5) is 4.99. The predicted molar refractivity (Wildman–Crippen MR) is 83.0 cm³/mol. The van der Waals surface area contributed by atoms with Gasteiger partial charge in [0.1, 0.15) is 0 Å². The monoisotopic (exact) mass is 279 g/mol. The fraction of sp³-hybridized carbons (Fsp3) is 0.750. The first kappa shape index (κ1) is 15.5. The van der Waals surface area contributed by atoms with E-state index in [4.69, 9.17) is 4.42 Å². The third-order valence-electron chi connectivity index (χ3n) is 4.27. The highest BCUT2D eigenvalue weighted by atomic mass is 16.3. The van der Waals surface area contributed by atoms with Gasteiger partial charge in [0.25, 0.3) is 0 Å². The van der Waals surface area contributed by atoms with E-state index in [1.165, 1.54) is 31.5 Å². The number of nitrogens with zero attached hydrogens (tertiary/aromatic N) is 2. The lowest BCUT2D eigenvalue weighted by Gasteiger charge is -2.35. The Morgan fingerprint density at radius 3 is 2.95 bits per heavy atom. The number of hydrogen-bond donors (Lipinski definition) is 1. The Hall–Kier alpha value is -0.840. The number of rotatable bonds is 6. The Balaban J connectivity index is 2.06. The largest absolute Gasteiger partial charge is 0.472 e. The van der Waals surface area contributed by atoms with Gasteiger partial charge in [-0.3, -0.25) is 0 Å². The summed E-state index contributed by atoms with van der Waals surface area (Å²) < 4.78 is 5.23. The van der Waals surface area contributed by atoms with Crippen molar-refractivity contribution in [3.05, 3.63) is 24.2 Å². The van der Waals surface area contributed by atoms with Crippen LogP contribution in [-0.2, 0) is 6.42 Å². The van der Waals surface area contributed by atoms with Crippen LogP contribution in [0.4, 0.5) is 0 Å². The summed E-state index contributed by atoms with van der Waals surface area (Å²) >= 11 is 0. The molecule has 114 valence electrons. The molecule has 1 saturated heterocycles. The highest BCUT2D eigenvalue weighted by Crippen LogP contribution is 2.15. The first-order valence-electron chi connectivity index (χ1n) is 7.84. The molecule has 0 radical (unpaired) electrons. The average molecular weight is 279 g/mol.